The van der Waals surface area contributed by atoms with E-state index in [1.165, 1.54) is 11.1 Å². The topological polar surface area (TPSA) is 44.1 Å². The Morgan fingerprint density at radius 2 is 2.20 bits per heavy atom. The van der Waals surface area contributed by atoms with Crippen molar-refractivity contribution >= 4 is 11.6 Å². The number of nitriles is 1. The third kappa shape index (κ3) is 1.91. The Kier molecular flexibility index (Phi) is 3.05. The number of hydrogen-bond donors (Lipinski definition) is 0. The molecular weight excluding hydrogens is 248 g/mol. The van der Waals surface area contributed by atoms with Crippen LogP contribution in [0.25, 0.3) is 0 Å². The van der Waals surface area contributed by atoms with Gasteiger partial charge in [0.25, 0.3) is 0 Å². The summed E-state index contributed by atoms with van der Waals surface area (Å²) in [7, 11) is 0. The van der Waals surface area contributed by atoms with Crippen LogP contribution in [0.2, 0.25) is 0 Å². The molecule has 3 heteroatoms. The molecule has 1 aliphatic carbocycles. The van der Waals surface area contributed by atoms with Crippen LogP contribution in [0.5, 0.6) is 0 Å². The minimum absolute atomic E-state index is 0.0166. The van der Waals surface area contributed by atoms with Crippen LogP contribution in [-0.4, -0.2) is 12.5 Å². The number of carbonyl (C=O) groups is 1. The van der Waals surface area contributed by atoms with Crippen molar-refractivity contribution in [3.8, 4) is 6.07 Å². The summed E-state index contributed by atoms with van der Waals surface area (Å²) in [6, 6.07) is 8.54. The molecule has 0 N–H and O–H groups in total. The molecule has 0 radical (unpaired) electrons. The second-order valence-electron chi connectivity index (χ2n) is 6.40. The van der Waals surface area contributed by atoms with E-state index >= 15 is 0 Å². The summed E-state index contributed by atoms with van der Waals surface area (Å²) in [6.45, 7) is 4.93. The lowest BCUT2D eigenvalue weighted by molar-refractivity contribution is -0.131. The van der Waals surface area contributed by atoms with Gasteiger partial charge in [-0.1, -0.05) is 24.6 Å². The highest BCUT2D eigenvalue weighted by atomic mass is 16.2. The molecule has 0 spiro atoms. The molecule has 1 aromatic rings. The van der Waals surface area contributed by atoms with Gasteiger partial charge in [0.1, 0.15) is 5.41 Å². The van der Waals surface area contributed by atoms with E-state index in [1.54, 1.807) is 0 Å². The summed E-state index contributed by atoms with van der Waals surface area (Å²) in [5.41, 5.74) is 2.72. The summed E-state index contributed by atoms with van der Waals surface area (Å²) >= 11 is 0. The van der Waals surface area contributed by atoms with Crippen molar-refractivity contribution in [2.24, 2.45) is 11.3 Å². The maximum atomic E-state index is 12.8. The number of fused-ring (bicyclic) bond motifs is 1. The molecule has 1 aromatic carbocycles. The van der Waals surface area contributed by atoms with Gasteiger partial charge in [-0.05, 0) is 50.2 Å². The van der Waals surface area contributed by atoms with Crippen molar-refractivity contribution in [3.05, 3.63) is 29.3 Å². The van der Waals surface area contributed by atoms with Gasteiger partial charge in [-0.15, -0.1) is 0 Å². The van der Waals surface area contributed by atoms with E-state index in [0.717, 1.165) is 25.1 Å². The predicted octanol–water partition coefficient (Wildman–Crippen LogP) is 3.21. The van der Waals surface area contributed by atoms with E-state index in [4.69, 9.17) is 0 Å². The smallest absolute Gasteiger partial charge is 0.247 e. The number of amides is 1. The molecule has 0 atom stereocenters. The van der Waals surface area contributed by atoms with Crippen molar-refractivity contribution in [1.82, 2.24) is 0 Å². The van der Waals surface area contributed by atoms with E-state index < -0.39 is 5.41 Å². The first-order chi connectivity index (χ1) is 9.55. The molecule has 1 saturated carbocycles. The molecule has 1 aliphatic heterocycles. The minimum Gasteiger partial charge on any atom is -0.311 e. The molecule has 0 unspecified atom stereocenters. The number of nitrogens with zero attached hydrogens (tertiary/aromatic N) is 2. The van der Waals surface area contributed by atoms with Gasteiger partial charge in [-0.3, -0.25) is 4.79 Å². The largest absolute Gasteiger partial charge is 0.311 e. The number of carbonyl (C=O) groups excluding carboxylic acids is 1. The Hall–Kier alpha value is -1.82. The lowest BCUT2D eigenvalue weighted by Gasteiger charge is -2.43. The summed E-state index contributed by atoms with van der Waals surface area (Å²) in [5.74, 6) is 0.504. The minimum atomic E-state index is -0.765. The molecule has 1 fully saturated rings. The lowest BCUT2D eigenvalue weighted by atomic mass is 9.62. The average molecular weight is 268 g/mol. The van der Waals surface area contributed by atoms with Crippen LogP contribution in [-0.2, 0) is 11.2 Å². The molecule has 0 aromatic heterocycles. The zero-order valence-electron chi connectivity index (χ0n) is 12.1. The van der Waals surface area contributed by atoms with Crippen molar-refractivity contribution in [1.29, 1.82) is 5.26 Å². The Morgan fingerprint density at radius 3 is 2.85 bits per heavy atom. The molecule has 3 nitrogen and oxygen atoms in total. The molecular formula is C17H20N2O. The fourth-order valence-corrected chi connectivity index (χ4v) is 3.64. The van der Waals surface area contributed by atoms with Crippen LogP contribution >= 0.6 is 0 Å². The summed E-state index contributed by atoms with van der Waals surface area (Å²) in [6.07, 6.45) is 3.43. The quantitative estimate of drug-likeness (QED) is 0.785. The first kappa shape index (κ1) is 13.2. The number of rotatable bonds is 1. The Bertz CT molecular complexity index is 593. The highest BCUT2D eigenvalue weighted by Crippen LogP contribution is 2.47. The number of hydrogen-bond acceptors (Lipinski definition) is 2. The second-order valence-corrected chi connectivity index (χ2v) is 6.40. The number of anilines is 1. The maximum Gasteiger partial charge on any atom is 0.247 e. The summed E-state index contributed by atoms with van der Waals surface area (Å²) < 4.78 is 0. The standard InChI is InChI=1S/C17H20N2O/c1-12-5-6-15-14(8-12)4-3-7-19(15)16(20)17(11-18)9-13(2)10-17/h5-6,8,13H,3-4,7,9-10H2,1-2H3. The second kappa shape index (κ2) is 4.63. The third-order valence-electron chi connectivity index (χ3n) is 4.62. The Balaban J connectivity index is 1.93. The van der Waals surface area contributed by atoms with Gasteiger partial charge < -0.3 is 4.90 Å². The molecule has 0 bridgehead atoms. The van der Waals surface area contributed by atoms with Crippen LogP contribution in [0.3, 0.4) is 0 Å². The molecule has 0 saturated heterocycles. The highest BCUT2D eigenvalue weighted by Gasteiger charge is 2.51. The van der Waals surface area contributed by atoms with Crippen LogP contribution < -0.4 is 4.90 Å². The molecule has 3 rings (SSSR count). The predicted molar refractivity (Wildman–Crippen MR) is 78.3 cm³/mol. The van der Waals surface area contributed by atoms with E-state index in [-0.39, 0.29) is 5.91 Å². The van der Waals surface area contributed by atoms with Crippen LogP contribution in [0.4, 0.5) is 5.69 Å². The molecule has 1 heterocycles. The SMILES string of the molecule is Cc1ccc2c(c1)CCCN2C(=O)C1(C#N)CC(C)C1. The van der Waals surface area contributed by atoms with Gasteiger partial charge >= 0.3 is 0 Å². The first-order valence-electron chi connectivity index (χ1n) is 7.38. The average Bonchev–Trinajstić information content (AvgIpc) is 2.42. The Labute approximate surface area is 120 Å². The number of aryl methyl sites for hydroxylation is 2. The van der Waals surface area contributed by atoms with E-state index in [9.17, 15) is 10.1 Å². The third-order valence-corrected chi connectivity index (χ3v) is 4.62. The zero-order valence-corrected chi connectivity index (χ0v) is 12.1. The van der Waals surface area contributed by atoms with E-state index in [2.05, 4.69) is 26.0 Å². The van der Waals surface area contributed by atoms with Gasteiger partial charge in [0.15, 0.2) is 0 Å². The first-order valence-corrected chi connectivity index (χ1v) is 7.38. The van der Waals surface area contributed by atoms with Gasteiger partial charge in [0.2, 0.25) is 5.91 Å². The molecule has 2 aliphatic rings. The van der Waals surface area contributed by atoms with Crippen molar-refractivity contribution in [2.45, 2.75) is 39.5 Å². The van der Waals surface area contributed by atoms with Crippen LogP contribution in [0.1, 0.15) is 37.3 Å². The van der Waals surface area contributed by atoms with Crippen molar-refractivity contribution in [3.63, 3.8) is 0 Å². The van der Waals surface area contributed by atoms with Gasteiger partial charge in [-0.25, -0.2) is 0 Å². The Morgan fingerprint density at radius 1 is 1.45 bits per heavy atom. The van der Waals surface area contributed by atoms with Gasteiger partial charge in [0, 0.05) is 12.2 Å². The molecule has 20 heavy (non-hydrogen) atoms. The van der Waals surface area contributed by atoms with Crippen LogP contribution in [0.15, 0.2) is 18.2 Å². The van der Waals surface area contributed by atoms with Gasteiger partial charge in [-0.2, -0.15) is 5.26 Å². The highest BCUT2D eigenvalue weighted by molar-refractivity contribution is 6.01. The van der Waals surface area contributed by atoms with Crippen LogP contribution in [0, 0.1) is 29.6 Å². The molecule has 1 amide bonds. The fourth-order valence-electron chi connectivity index (χ4n) is 3.64. The van der Waals surface area contributed by atoms with Crippen molar-refractivity contribution < 1.29 is 4.79 Å². The number of benzene rings is 1. The zero-order chi connectivity index (χ0) is 14.3. The van der Waals surface area contributed by atoms with Gasteiger partial charge in [0.05, 0.1) is 6.07 Å². The fraction of sp³-hybridized carbons (Fsp3) is 0.529. The molecule has 104 valence electrons. The summed E-state index contributed by atoms with van der Waals surface area (Å²) in [4.78, 5) is 14.7. The maximum absolute atomic E-state index is 12.8. The lowest BCUT2D eigenvalue weighted by Crippen LogP contribution is -2.51. The van der Waals surface area contributed by atoms with E-state index in [1.807, 2.05) is 17.0 Å². The van der Waals surface area contributed by atoms with Crippen molar-refractivity contribution in [2.75, 3.05) is 11.4 Å². The van der Waals surface area contributed by atoms with E-state index in [0.29, 0.717) is 18.8 Å². The normalized spacial score (nSPS) is 28.2. The monoisotopic (exact) mass is 268 g/mol. The summed E-state index contributed by atoms with van der Waals surface area (Å²) in [5, 5.41) is 9.45.